The van der Waals surface area contributed by atoms with Crippen molar-refractivity contribution in [3.05, 3.63) is 79.0 Å². The maximum atomic E-state index is 14.9. The Morgan fingerprint density at radius 1 is 1.19 bits per heavy atom. The summed E-state index contributed by atoms with van der Waals surface area (Å²) < 4.78 is 24.7. The van der Waals surface area contributed by atoms with Gasteiger partial charge in [-0.3, -0.25) is 19.2 Å². The predicted octanol–water partition coefficient (Wildman–Crippen LogP) is 4.64. The zero-order valence-corrected chi connectivity index (χ0v) is 22.6. The normalized spacial score (nSPS) is 18.2. The summed E-state index contributed by atoms with van der Waals surface area (Å²) in [4.78, 5) is 32.3. The Labute approximate surface area is 222 Å². The fourth-order valence-electron chi connectivity index (χ4n) is 4.73. The van der Waals surface area contributed by atoms with Crippen molar-refractivity contribution in [3.63, 3.8) is 0 Å². The van der Waals surface area contributed by atoms with Gasteiger partial charge in [-0.2, -0.15) is 0 Å². The number of hydrogen-bond acceptors (Lipinski definition) is 6. The van der Waals surface area contributed by atoms with E-state index in [1.807, 2.05) is 31.2 Å². The summed E-state index contributed by atoms with van der Waals surface area (Å²) in [5.74, 6) is 0.596. The molecule has 0 spiro atoms. The molecule has 10 heteroatoms. The average Bonchev–Trinajstić information content (AvgIpc) is 3.43. The highest BCUT2D eigenvalue weighted by Crippen LogP contribution is 2.42. The van der Waals surface area contributed by atoms with Gasteiger partial charge in [0, 0.05) is 65.7 Å². The first-order chi connectivity index (χ1) is 17.6. The molecule has 37 heavy (non-hydrogen) atoms. The van der Waals surface area contributed by atoms with Crippen LogP contribution < -0.4 is 16.0 Å². The van der Waals surface area contributed by atoms with Crippen LogP contribution in [-0.4, -0.2) is 50.4 Å². The second kappa shape index (κ2) is 10.0. The molecule has 0 bridgehead atoms. The zero-order chi connectivity index (χ0) is 26.4. The maximum Gasteiger partial charge on any atom is 0.331 e. The molecule has 1 aliphatic heterocycles. The summed E-state index contributed by atoms with van der Waals surface area (Å²) in [6.07, 6.45) is 1.48. The van der Waals surface area contributed by atoms with Crippen molar-refractivity contribution in [1.29, 1.82) is 0 Å². The maximum absolute atomic E-state index is 14.9. The zero-order valence-electron chi connectivity index (χ0n) is 21.1. The minimum atomic E-state index is -1.09. The lowest BCUT2D eigenvalue weighted by Gasteiger charge is -2.22. The molecule has 1 aromatic carbocycles. The van der Waals surface area contributed by atoms with Crippen molar-refractivity contribution < 1.29 is 9.13 Å². The molecule has 0 N–H and O–H groups in total. The Morgan fingerprint density at radius 3 is 2.70 bits per heavy atom. The van der Waals surface area contributed by atoms with E-state index in [0.717, 1.165) is 31.8 Å². The molecule has 7 nitrogen and oxygen atoms in total. The molecule has 0 radical (unpaired) electrons. The highest BCUT2D eigenvalue weighted by atomic mass is 35.5. The number of thiophene rings is 1. The summed E-state index contributed by atoms with van der Waals surface area (Å²) >= 11 is 7.92. The van der Waals surface area contributed by atoms with Crippen LogP contribution in [0, 0.1) is 6.92 Å². The molecule has 1 saturated heterocycles. The number of likely N-dealkylation sites (tertiary alicyclic amines) is 1. The van der Waals surface area contributed by atoms with Crippen LogP contribution in [0.25, 0.3) is 21.3 Å². The van der Waals surface area contributed by atoms with Crippen LogP contribution in [0.15, 0.2) is 52.3 Å². The van der Waals surface area contributed by atoms with Crippen LogP contribution in [0.5, 0.6) is 5.75 Å². The van der Waals surface area contributed by atoms with Gasteiger partial charge in [0.2, 0.25) is 0 Å². The first-order valence-corrected chi connectivity index (χ1v) is 13.3. The highest BCUT2D eigenvalue weighted by Gasteiger charge is 2.36. The lowest BCUT2D eigenvalue weighted by atomic mass is 10.0. The Hall–Kier alpha value is -3.01. The predicted molar refractivity (Wildman–Crippen MR) is 146 cm³/mol. The van der Waals surface area contributed by atoms with Crippen LogP contribution in [-0.2, 0) is 13.6 Å². The van der Waals surface area contributed by atoms with Gasteiger partial charge in [0.15, 0.2) is 6.17 Å². The summed E-state index contributed by atoms with van der Waals surface area (Å²) in [6, 6.07) is 9.02. The van der Waals surface area contributed by atoms with Crippen molar-refractivity contribution in [3.8, 4) is 16.9 Å². The van der Waals surface area contributed by atoms with Gasteiger partial charge in [-0.1, -0.05) is 11.6 Å². The van der Waals surface area contributed by atoms with Crippen molar-refractivity contribution >= 4 is 33.2 Å². The third kappa shape index (κ3) is 4.95. The molecule has 0 saturated carbocycles. The molecule has 0 amide bonds. The Morgan fingerprint density at radius 2 is 1.97 bits per heavy atom. The SMILES string of the molecule is Cc1cc(Cl)cc(-c2ccnc3cc(Cn4c(=O)ccn(C)c4=O)sc23)c1O[C@@H]1CN(C(C)C)C[C@@H]1F. The number of nitrogens with zero attached hydrogens (tertiary/aromatic N) is 4. The van der Waals surface area contributed by atoms with Crippen LogP contribution in [0.1, 0.15) is 24.3 Å². The second-order valence-electron chi connectivity index (χ2n) is 9.74. The summed E-state index contributed by atoms with van der Waals surface area (Å²) in [5.41, 5.74) is 2.42. The van der Waals surface area contributed by atoms with E-state index in [4.69, 9.17) is 16.3 Å². The molecule has 2 atom stereocenters. The number of aromatic nitrogens is 3. The van der Waals surface area contributed by atoms with E-state index in [1.54, 1.807) is 13.2 Å². The fraction of sp³-hybridized carbons (Fsp3) is 0.370. The molecule has 194 valence electrons. The molecule has 4 aromatic rings. The number of aryl methyl sites for hydroxylation is 2. The number of rotatable bonds is 6. The Balaban J connectivity index is 1.57. The monoisotopic (exact) mass is 542 g/mol. The van der Waals surface area contributed by atoms with Crippen LogP contribution in [0.3, 0.4) is 0 Å². The Bertz CT molecular complexity index is 1600. The van der Waals surface area contributed by atoms with Gasteiger partial charge in [-0.15, -0.1) is 11.3 Å². The molecule has 5 rings (SSSR count). The van der Waals surface area contributed by atoms with Gasteiger partial charge in [-0.05, 0) is 50.6 Å². The second-order valence-corrected chi connectivity index (χ2v) is 11.3. The number of ether oxygens (including phenoxy) is 1. The minimum Gasteiger partial charge on any atom is -0.485 e. The standard InChI is InChI=1S/C27H28ClFN4O3S/c1-15(2)32-13-21(29)23(14-32)36-25-16(3)9-17(28)10-20(25)19-5-7-30-22-11-18(37-26(19)22)12-33-24(34)6-8-31(4)27(33)35/h5-11,15,21,23H,12-14H2,1-4H3/t21-,23+/m0/s1. The third-order valence-corrected chi connectivity index (χ3v) is 8.13. The summed E-state index contributed by atoms with van der Waals surface area (Å²) in [5, 5.41) is 0.549. The van der Waals surface area contributed by atoms with E-state index in [9.17, 15) is 14.0 Å². The average molecular weight is 543 g/mol. The number of fused-ring (bicyclic) bond motifs is 1. The van der Waals surface area contributed by atoms with Crippen molar-refractivity contribution in [2.45, 2.75) is 45.6 Å². The lowest BCUT2D eigenvalue weighted by Crippen LogP contribution is -2.37. The van der Waals surface area contributed by atoms with E-state index in [2.05, 4.69) is 23.7 Å². The number of hydrogen-bond donors (Lipinski definition) is 0. The van der Waals surface area contributed by atoms with Gasteiger partial charge >= 0.3 is 5.69 Å². The van der Waals surface area contributed by atoms with Crippen LogP contribution >= 0.6 is 22.9 Å². The molecule has 1 aliphatic rings. The lowest BCUT2D eigenvalue weighted by molar-refractivity contribution is 0.137. The van der Waals surface area contributed by atoms with Gasteiger partial charge in [0.1, 0.15) is 11.9 Å². The summed E-state index contributed by atoms with van der Waals surface area (Å²) in [6.45, 7) is 7.00. The van der Waals surface area contributed by atoms with E-state index < -0.39 is 12.3 Å². The molecular formula is C27H28ClFN4O3S. The van der Waals surface area contributed by atoms with E-state index in [1.165, 1.54) is 32.7 Å². The topological polar surface area (TPSA) is 69.4 Å². The Kier molecular flexibility index (Phi) is 6.95. The van der Waals surface area contributed by atoms with Gasteiger partial charge in [0.05, 0.1) is 16.8 Å². The molecule has 3 aromatic heterocycles. The fourth-order valence-corrected chi connectivity index (χ4v) is 6.13. The third-order valence-electron chi connectivity index (χ3n) is 6.77. The molecule has 4 heterocycles. The smallest absolute Gasteiger partial charge is 0.331 e. The molecule has 0 unspecified atom stereocenters. The van der Waals surface area contributed by atoms with Crippen molar-refractivity contribution in [2.24, 2.45) is 7.05 Å². The first kappa shape index (κ1) is 25.6. The largest absolute Gasteiger partial charge is 0.485 e. The molecule has 1 fully saturated rings. The summed E-state index contributed by atoms with van der Waals surface area (Å²) in [7, 11) is 1.61. The van der Waals surface area contributed by atoms with E-state index in [0.29, 0.717) is 23.9 Å². The first-order valence-electron chi connectivity index (χ1n) is 12.1. The molecule has 0 aliphatic carbocycles. The highest BCUT2D eigenvalue weighted by molar-refractivity contribution is 7.19. The quantitative estimate of drug-likeness (QED) is 0.355. The van der Waals surface area contributed by atoms with Crippen LogP contribution in [0.2, 0.25) is 5.02 Å². The minimum absolute atomic E-state index is 0.140. The van der Waals surface area contributed by atoms with Crippen molar-refractivity contribution in [1.82, 2.24) is 19.0 Å². The number of alkyl halides is 1. The van der Waals surface area contributed by atoms with E-state index >= 15 is 0 Å². The number of pyridine rings is 1. The van der Waals surface area contributed by atoms with Gasteiger partial charge in [-0.25, -0.2) is 9.18 Å². The number of benzene rings is 1. The van der Waals surface area contributed by atoms with Crippen LogP contribution in [0.4, 0.5) is 4.39 Å². The van der Waals surface area contributed by atoms with Gasteiger partial charge < -0.3 is 9.30 Å². The number of halogens is 2. The van der Waals surface area contributed by atoms with Crippen molar-refractivity contribution in [2.75, 3.05) is 13.1 Å². The molecular weight excluding hydrogens is 515 g/mol. The van der Waals surface area contributed by atoms with Gasteiger partial charge in [0.25, 0.3) is 5.56 Å². The van der Waals surface area contributed by atoms with E-state index in [-0.39, 0.29) is 23.8 Å².